The number of aliphatic carboxylic acids is 1. The number of benzene rings is 1. The molecule has 1 atom stereocenters. The fraction of sp³-hybridized carbons (Fsp3) is 0.292. The van der Waals surface area contributed by atoms with E-state index in [0.29, 0.717) is 17.8 Å². The number of anilines is 3. The van der Waals surface area contributed by atoms with E-state index in [1.54, 1.807) is 24.3 Å². The minimum absolute atomic E-state index is 0.00566. The average molecular weight is 519 g/mol. The number of carboxylic acid groups (broad SMARTS) is 1. The summed E-state index contributed by atoms with van der Waals surface area (Å²) < 4.78 is 0. The molecule has 184 valence electrons. The first-order valence-corrected chi connectivity index (χ1v) is 11.7. The number of carbonyl (C=O) groups excluding carboxylic acids is 1. The summed E-state index contributed by atoms with van der Waals surface area (Å²) in [7, 11) is 0. The van der Waals surface area contributed by atoms with Gasteiger partial charge in [-0.3, -0.25) is 19.4 Å². The highest BCUT2D eigenvalue weighted by atomic mass is 35.5. The highest BCUT2D eigenvalue weighted by molar-refractivity contribution is 6.40. The van der Waals surface area contributed by atoms with Crippen LogP contribution in [0.25, 0.3) is 0 Å². The van der Waals surface area contributed by atoms with E-state index in [0.717, 1.165) is 19.3 Å². The number of pyridine rings is 1. The molecule has 0 saturated heterocycles. The molecular weight excluding hydrogens is 495 g/mol. The van der Waals surface area contributed by atoms with E-state index in [9.17, 15) is 24.3 Å². The lowest BCUT2D eigenvalue weighted by molar-refractivity contribution is -0.137. The Morgan fingerprint density at radius 1 is 1.00 bits per heavy atom. The summed E-state index contributed by atoms with van der Waals surface area (Å²) >= 11 is 12.0. The highest BCUT2D eigenvalue weighted by Gasteiger charge is 2.26. The molecule has 1 aromatic heterocycles. The topological polar surface area (TPSA) is 137 Å². The molecule has 0 aliphatic rings. The summed E-state index contributed by atoms with van der Waals surface area (Å²) in [6, 6.07) is 5.37. The Balaban J connectivity index is 1.66. The molecule has 0 bridgehead atoms. The third-order valence-electron chi connectivity index (χ3n) is 5.34. The second-order valence-electron chi connectivity index (χ2n) is 7.91. The van der Waals surface area contributed by atoms with Gasteiger partial charge < -0.3 is 21.1 Å². The van der Waals surface area contributed by atoms with Crippen molar-refractivity contribution in [1.29, 1.82) is 0 Å². The van der Waals surface area contributed by atoms with Crippen molar-refractivity contribution in [3.8, 4) is 0 Å². The monoisotopic (exact) mass is 518 g/mol. The van der Waals surface area contributed by atoms with Gasteiger partial charge >= 0.3 is 5.97 Å². The van der Waals surface area contributed by atoms with Gasteiger partial charge in [-0.15, -0.1) is 0 Å². The fourth-order valence-electron chi connectivity index (χ4n) is 3.44. The van der Waals surface area contributed by atoms with E-state index in [1.807, 2.05) is 0 Å². The van der Waals surface area contributed by atoms with Crippen molar-refractivity contribution in [2.24, 2.45) is 0 Å². The van der Waals surface area contributed by atoms with Crippen molar-refractivity contribution in [3.05, 3.63) is 78.3 Å². The highest BCUT2D eigenvalue weighted by Crippen LogP contribution is 2.24. The first-order valence-electron chi connectivity index (χ1n) is 11.0. The second-order valence-corrected chi connectivity index (χ2v) is 8.73. The van der Waals surface area contributed by atoms with E-state index in [1.165, 1.54) is 12.4 Å². The van der Waals surface area contributed by atoms with Crippen molar-refractivity contribution < 1.29 is 14.7 Å². The minimum atomic E-state index is -1.17. The van der Waals surface area contributed by atoms with Crippen LogP contribution in [0, 0.1) is 0 Å². The number of aromatic nitrogens is 1. The number of carbonyl (C=O) groups is 2. The predicted octanol–water partition coefficient (Wildman–Crippen LogP) is 3.95. The van der Waals surface area contributed by atoms with Gasteiger partial charge in [0.15, 0.2) is 0 Å². The van der Waals surface area contributed by atoms with Gasteiger partial charge in [-0.1, -0.05) is 55.1 Å². The van der Waals surface area contributed by atoms with Crippen molar-refractivity contribution >= 4 is 52.1 Å². The summed E-state index contributed by atoms with van der Waals surface area (Å²) in [6.07, 6.45) is 5.48. The Kier molecular flexibility index (Phi) is 8.84. The van der Waals surface area contributed by atoms with Crippen molar-refractivity contribution in [3.63, 3.8) is 0 Å². The van der Waals surface area contributed by atoms with Crippen molar-refractivity contribution in [1.82, 2.24) is 4.98 Å². The normalized spacial score (nSPS) is 11.7. The van der Waals surface area contributed by atoms with Gasteiger partial charge in [0.05, 0.1) is 15.6 Å². The van der Waals surface area contributed by atoms with E-state index in [4.69, 9.17) is 23.2 Å². The lowest BCUT2D eigenvalue weighted by atomic mass is 10.0. The van der Waals surface area contributed by atoms with Gasteiger partial charge in [0, 0.05) is 31.0 Å². The molecule has 3 rings (SSSR count). The smallest absolute Gasteiger partial charge is 0.326 e. The maximum atomic E-state index is 12.5. The van der Waals surface area contributed by atoms with Crippen LogP contribution in [0.5, 0.6) is 0 Å². The molecule has 0 radical (unpaired) electrons. The zero-order valence-electron chi connectivity index (χ0n) is 18.9. The number of halogens is 2. The maximum Gasteiger partial charge on any atom is 0.326 e. The van der Waals surface area contributed by atoms with Gasteiger partial charge in [0.2, 0.25) is 0 Å². The van der Waals surface area contributed by atoms with Crippen LogP contribution in [0.4, 0.5) is 17.1 Å². The number of rotatable bonds is 12. The van der Waals surface area contributed by atoms with Gasteiger partial charge in [0.1, 0.15) is 17.4 Å². The molecule has 0 fully saturated rings. The van der Waals surface area contributed by atoms with Gasteiger partial charge in [0.25, 0.3) is 16.8 Å². The lowest BCUT2D eigenvalue weighted by Crippen LogP contribution is -2.42. The Labute approximate surface area is 211 Å². The Bertz CT molecular complexity index is 1270. The summed E-state index contributed by atoms with van der Waals surface area (Å²) in [5.74, 6) is -1.69. The molecule has 1 heterocycles. The maximum absolute atomic E-state index is 12.5. The SMILES string of the molecule is CCCCCNc1c(N[C@@H](Cc2ccc(NC(=O)c3c(Cl)cncc3Cl)cc2)C(=O)O)c(=O)c1=O. The van der Waals surface area contributed by atoms with Gasteiger partial charge in [-0.2, -0.15) is 0 Å². The van der Waals surface area contributed by atoms with E-state index in [-0.39, 0.29) is 33.4 Å². The Hall–Kier alpha value is -3.43. The van der Waals surface area contributed by atoms with E-state index < -0.39 is 28.8 Å². The number of unbranched alkanes of at least 4 members (excludes halogenated alkanes) is 2. The zero-order valence-corrected chi connectivity index (χ0v) is 20.4. The second kappa shape index (κ2) is 11.8. The fourth-order valence-corrected chi connectivity index (χ4v) is 3.98. The molecule has 35 heavy (non-hydrogen) atoms. The lowest BCUT2D eigenvalue weighted by Gasteiger charge is -2.20. The van der Waals surface area contributed by atoms with Crippen LogP contribution < -0.4 is 26.8 Å². The minimum Gasteiger partial charge on any atom is -0.480 e. The number of carboxylic acids is 1. The van der Waals surface area contributed by atoms with Crippen molar-refractivity contribution in [2.45, 2.75) is 38.6 Å². The largest absolute Gasteiger partial charge is 0.480 e. The van der Waals surface area contributed by atoms with Crippen LogP contribution in [-0.2, 0) is 11.2 Å². The van der Waals surface area contributed by atoms with Crippen LogP contribution in [-0.4, -0.2) is 34.6 Å². The van der Waals surface area contributed by atoms with E-state index in [2.05, 4.69) is 27.9 Å². The van der Waals surface area contributed by atoms with Gasteiger partial charge in [-0.05, 0) is 24.1 Å². The molecule has 0 spiro atoms. The standard InChI is InChI=1S/C24H24Cl2N4O5/c1-2-3-4-9-28-19-20(22(32)21(19)31)30-17(24(34)35)10-13-5-7-14(8-6-13)29-23(33)18-15(25)11-27-12-16(18)26/h5-8,11-12,17,28,30H,2-4,9-10H2,1H3,(H,29,33)(H,34,35)/t17-/m0/s1. The molecule has 0 aliphatic carbocycles. The third-order valence-corrected chi connectivity index (χ3v) is 5.91. The first-order chi connectivity index (χ1) is 16.7. The molecule has 0 saturated carbocycles. The van der Waals surface area contributed by atoms with Crippen molar-refractivity contribution in [2.75, 3.05) is 22.5 Å². The molecule has 1 amide bonds. The predicted molar refractivity (Wildman–Crippen MR) is 137 cm³/mol. The summed E-state index contributed by atoms with van der Waals surface area (Å²) in [5.41, 5.74) is -0.0849. The Morgan fingerprint density at radius 3 is 2.23 bits per heavy atom. The molecule has 0 aliphatic heterocycles. The number of hydrogen-bond acceptors (Lipinski definition) is 7. The molecule has 3 aromatic rings. The van der Waals surface area contributed by atoms with E-state index >= 15 is 0 Å². The van der Waals surface area contributed by atoms with Crippen LogP contribution >= 0.6 is 23.2 Å². The molecule has 4 N–H and O–H groups in total. The molecular formula is C24H24Cl2N4O5. The summed E-state index contributed by atoms with van der Waals surface area (Å²) in [6.45, 7) is 2.57. The van der Waals surface area contributed by atoms with Crippen LogP contribution in [0.1, 0.15) is 42.1 Å². The van der Waals surface area contributed by atoms with Crippen LogP contribution in [0.2, 0.25) is 10.0 Å². The average Bonchev–Trinajstić information content (AvgIpc) is 2.82. The molecule has 11 heteroatoms. The summed E-state index contributed by atoms with van der Waals surface area (Å²) in [5, 5.41) is 18.2. The number of amides is 1. The zero-order chi connectivity index (χ0) is 25.5. The van der Waals surface area contributed by atoms with Crippen LogP contribution in [0.15, 0.2) is 46.2 Å². The number of nitrogens with zero attached hydrogens (tertiary/aromatic N) is 1. The third kappa shape index (κ3) is 6.37. The molecule has 0 unspecified atom stereocenters. The Morgan fingerprint density at radius 2 is 1.63 bits per heavy atom. The molecule has 2 aromatic carbocycles. The number of nitrogens with one attached hydrogen (secondary N) is 3. The molecule has 9 nitrogen and oxygen atoms in total. The first kappa shape index (κ1) is 26.2. The number of hydrogen-bond donors (Lipinski definition) is 4. The van der Waals surface area contributed by atoms with Crippen LogP contribution in [0.3, 0.4) is 0 Å². The quantitative estimate of drug-likeness (QED) is 0.209. The summed E-state index contributed by atoms with van der Waals surface area (Å²) in [4.78, 5) is 52.1. The van der Waals surface area contributed by atoms with Gasteiger partial charge in [-0.25, -0.2) is 4.79 Å².